The van der Waals surface area contributed by atoms with Gasteiger partial charge in [-0.25, -0.2) is 4.98 Å². The molecule has 30 heavy (non-hydrogen) atoms. The summed E-state index contributed by atoms with van der Waals surface area (Å²) in [6, 6.07) is 23.0. The Morgan fingerprint density at radius 1 is 0.967 bits per heavy atom. The molecule has 0 aliphatic heterocycles. The van der Waals surface area contributed by atoms with E-state index in [0.717, 1.165) is 21.7 Å². The second-order valence-electron chi connectivity index (χ2n) is 6.30. The number of para-hydroxylation sites is 1. The number of aromatic hydroxyl groups is 1. The quantitative estimate of drug-likeness (QED) is 0.244. The van der Waals surface area contributed by atoms with Gasteiger partial charge in [0.2, 0.25) is 5.13 Å². The summed E-state index contributed by atoms with van der Waals surface area (Å²) in [6.07, 6.45) is 1.52. The molecule has 7 nitrogen and oxygen atoms in total. The van der Waals surface area contributed by atoms with Crippen LogP contribution in [0.2, 0.25) is 0 Å². The second kappa shape index (κ2) is 8.54. The number of rotatable bonds is 6. The third-order valence-corrected chi connectivity index (χ3v) is 5.32. The molecule has 0 atom stereocenters. The van der Waals surface area contributed by atoms with E-state index in [0.29, 0.717) is 10.7 Å². The maximum absolute atomic E-state index is 11.0. The summed E-state index contributed by atoms with van der Waals surface area (Å²) in [4.78, 5) is 16.1. The number of nitrogens with one attached hydrogen (secondary N) is 1. The zero-order valence-electron chi connectivity index (χ0n) is 15.6. The van der Waals surface area contributed by atoms with Gasteiger partial charge in [-0.05, 0) is 29.8 Å². The summed E-state index contributed by atoms with van der Waals surface area (Å²) in [5.74, 6) is 0.138. The molecule has 0 aliphatic rings. The minimum atomic E-state index is -0.421. The predicted octanol–water partition coefficient (Wildman–Crippen LogP) is 5.54. The van der Waals surface area contributed by atoms with Crippen LogP contribution in [0.5, 0.6) is 5.75 Å². The Morgan fingerprint density at radius 2 is 1.67 bits per heavy atom. The van der Waals surface area contributed by atoms with E-state index in [1.807, 2.05) is 36.4 Å². The number of nitro benzene ring substituents is 1. The minimum Gasteiger partial charge on any atom is -0.507 e. The molecule has 0 saturated heterocycles. The maximum atomic E-state index is 11.0. The molecular formula is C22H16N4O3S. The van der Waals surface area contributed by atoms with Gasteiger partial charge in [0.15, 0.2) is 0 Å². The Labute approximate surface area is 176 Å². The number of hydrogen-bond acceptors (Lipinski definition) is 7. The summed E-state index contributed by atoms with van der Waals surface area (Å²) in [7, 11) is 0. The van der Waals surface area contributed by atoms with Crippen molar-refractivity contribution in [3.05, 3.63) is 94.5 Å². The Kier molecular flexibility index (Phi) is 5.49. The van der Waals surface area contributed by atoms with Crippen LogP contribution < -0.4 is 5.43 Å². The van der Waals surface area contributed by atoms with Gasteiger partial charge < -0.3 is 5.11 Å². The number of non-ortho nitro benzene ring substituents is 1. The zero-order valence-corrected chi connectivity index (χ0v) is 16.4. The number of hydrazone groups is 1. The minimum absolute atomic E-state index is 0.0372. The number of phenols is 1. The summed E-state index contributed by atoms with van der Waals surface area (Å²) in [5, 5.41) is 25.5. The third kappa shape index (κ3) is 4.18. The van der Waals surface area contributed by atoms with Crippen molar-refractivity contribution < 1.29 is 10.0 Å². The van der Waals surface area contributed by atoms with Gasteiger partial charge in [0, 0.05) is 23.3 Å². The van der Waals surface area contributed by atoms with Gasteiger partial charge >= 0.3 is 0 Å². The molecule has 1 aromatic heterocycles. The van der Waals surface area contributed by atoms with Crippen LogP contribution in [0.1, 0.15) is 5.56 Å². The first-order valence-electron chi connectivity index (χ1n) is 9.00. The van der Waals surface area contributed by atoms with E-state index in [1.165, 1.54) is 29.7 Å². The second-order valence-corrected chi connectivity index (χ2v) is 7.29. The van der Waals surface area contributed by atoms with Crippen molar-refractivity contribution in [3.63, 3.8) is 0 Å². The van der Waals surface area contributed by atoms with Crippen molar-refractivity contribution in [3.8, 4) is 27.4 Å². The van der Waals surface area contributed by atoms with E-state index in [4.69, 9.17) is 0 Å². The van der Waals surface area contributed by atoms with Gasteiger partial charge in [-0.1, -0.05) is 53.8 Å². The van der Waals surface area contributed by atoms with Crippen molar-refractivity contribution in [2.45, 2.75) is 0 Å². The first-order valence-corrected chi connectivity index (χ1v) is 9.81. The molecule has 4 aromatic rings. The fourth-order valence-electron chi connectivity index (χ4n) is 2.84. The molecule has 4 rings (SSSR count). The summed E-state index contributed by atoms with van der Waals surface area (Å²) in [5.41, 5.74) is 6.05. The number of hydrogen-bond donors (Lipinski definition) is 2. The highest BCUT2D eigenvalue weighted by Crippen LogP contribution is 2.39. The lowest BCUT2D eigenvalue weighted by molar-refractivity contribution is -0.384. The largest absolute Gasteiger partial charge is 0.507 e. The van der Waals surface area contributed by atoms with Crippen LogP contribution in [0, 0.1) is 10.1 Å². The molecule has 1 heterocycles. The van der Waals surface area contributed by atoms with Crippen LogP contribution in [0.25, 0.3) is 21.7 Å². The Hall–Kier alpha value is -4.04. The van der Waals surface area contributed by atoms with Crippen molar-refractivity contribution in [1.82, 2.24) is 4.98 Å². The number of aromatic nitrogens is 1. The normalized spacial score (nSPS) is 10.9. The topological polar surface area (TPSA) is 101 Å². The molecular weight excluding hydrogens is 400 g/mol. The van der Waals surface area contributed by atoms with Crippen molar-refractivity contribution in [2.24, 2.45) is 5.10 Å². The highest BCUT2D eigenvalue weighted by Gasteiger charge is 2.16. The van der Waals surface area contributed by atoms with E-state index in [1.54, 1.807) is 30.3 Å². The van der Waals surface area contributed by atoms with Crippen molar-refractivity contribution in [1.29, 1.82) is 0 Å². The highest BCUT2D eigenvalue weighted by molar-refractivity contribution is 7.19. The molecule has 3 aromatic carbocycles. The number of phenolic OH excluding ortho intramolecular Hbond substituents is 1. The fourth-order valence-corrected chi connectivity index (χ4v) is 3.79. The van der Waals surface area contributed by atoms with E-state index < -0.39 is 4.92 Å². The molecule has 0 unspecified atom stereocenters. The van der Waals surface area contributed by atoms with Gasteiger partial charge in [-0.2, -0.15) is 5.10 Å². The standard InChI is InChI=1S/C22H16N4O3S/c27-19-9-5-4-8-17(19)14-23-25-22-24-20(15-6-2-1-3-7-15)21(30-22)16-10-12-18(13-11-16)26(28)29/h1-14,27H,(H,24,25)/b23-14-. The molecule has 0 radical (unpaired) electrons. The third-order valence-electron chi connectivity index (χ3n) is 4.32. The van der Waals surface area contributed by atoms with Gasteiger partial charge in [0.25, 0.3) is 5.69 Å². The van der Waals surface area contributed by atoms with Crippen molar-refractivity contribution in [2.75, 3.05) is 5.43 Å². The fraction of sp³-hybridized carbons (Fsp3) is 0. The van der Waals surface area contributed by atoms with E-state index in [9.17, 15) is 15.2 Å². The molecule has 148 valence electrons. The lowest BCUT2D eigenvalue weighted by atomic mass is 10.1. The summed E-state index contributed by atoms with van der Waals surface area (Å²) >= 11 is 1.39. The van der Waals surface area contributed by atoms with Crippen LogP contribution in [0.3, 0.4) is 0 Å². The van der Waals surface area contributed by atoms with Gasteiger partial charge in [-0.15, -0.1) is 0 Å². The van der Waals surface area contributed by atoms with E-state index in [2.05, 4.69) is 15.5 Å². The molecule has 0 fully saturated rings. The van der Waals surface area contributed by atoms with E-state index in [-0.39, 0.29) is 11.4 Å². The zero-order chi connectivity index (χ0) is 20.9. The Balaban J connectivity index is 1.67. The first kappa shape index (κ1) is 19.3. The molecule has 2 N–H and O–H groups in total. The van der Waals surface area contributed by atoms with Gasteiger partial charge in [0.1, 0.15) is 5.75 Å². The number of nitrogens with zero attached hydrogens (tertiary/aromatic N) is 3. The first-order chi connectivity index (χ1) is 14.6. The molecule has 0 amide bonds. The van der Waals surface area contributed by atoms with Gasteiger partial charge in [-0.3, -0.25) is 15.5 Å². The number of thiazole rings is 1. The summed E-state index contributed by atoms with van der Waals surface area (Å²) < 4.78 is 0. The van der Waals surface area contributed by atoms with Crippen LogP contribution in [-0.4, -0.2) is 21.2 Å². The monoisotopic (exact) mass is 416 g/mol. The average molecular weight is 416 g/mol. The highest BCUT2D eigenvalue weighted by atomic mass is 32.1. The summed E-state index contributed by atoms with van der Waals surface area (Å²) in [6.45, 7) is 0. The Morgan fingerprint density at radius 3 is 2.37 bits per heavy atom. The molecule has 0 aliphatic carbocycles. The van der Waals surface area contributed by atoms with Crippen LogP contribution in [-0.2, 0) is 0 Å². The molecule has 8 heteroatoms. The SMILES string of the molecule is O=[N+]([O-])c1ccc(-c2sc(N/N=C\c3ccccc3O)nc2-c2ccccc2)cc1. The molecule has 0 bridgehead atoms. The molecule has 0 saturated carbocycles. The average Bonchev–Trinajstić information content (AvgIpc) is 3.20. The number of benzene rings is 3. The number of anilines is 1. The van der Waals surface area contributed by atoms with Crippen molar-refractivity contribution >= 4 is 28.4 Å². The Bertz CT molecular complexity index is 1200. The lowest BCUT2D eigenvalue weighted by Crippen LogP contribution is -1.90. The van der Waals surface area contributed by atoms with Gasteiger partial charge in [0.05, 0.1) is 21.7 Å². The van der Waals surface area contributed by atoms with Crippen LogP contribution >= 0.6 is 11.3 Å². The number of nitro groups is 1. The van der Waals surface area contributed by atoms with Crippen LogP contribution in [0.15, 0.2) is 84.0 Å². The van der Waals surface area contributed by atoms with E-state index >= 15 is 0 Å². The molecule has 0 spiro atoms. The maximum Gasteiger partial charge on any atom is 0.269 e. The smallest absolute Gasteiger partial charge is 0.269 e. The predicted molar refractivity (Wildman–Crippen MR) is 119 cm³/mol. The van der Waals surface area contributed by atoms with Crippen LogP contribution in [0.4, 0.5) is 10.8 Å². The lowest BCUT2D eigenvalue weighted by Gasteiger charge is -2.02.